The Bertz CT molecular complexity index is 3340. The predicted molar refractivity (Wildman–Crippen MR) is 323 cm³/mol. The van der Waals surface area contributed by atoms with E-state index in [0.29, 0.717) is 62.9 Å². The average molecular weight is 1250 g/mol. The molecule has 3 aliphatic rings. The van der Waals surface area contributed by atoms with Crippen molar-refractivity contribution < 1.29 is 60.9 Å². The molecule has 6 N–H and O–H groups in total. The molecular weight excluding hydrogens is 1170 g/mol. The van der Waals surface area contributed by atoms with Crippen molar-refractivity contribution in [3.8, 4) is 21.6 Å². The number of hydrogen-bond donors (Lipinski definition) is 6. The van der Waals surface area contributed by atoms with Crippen molar-refractivity contribution in [2.75, 3.05) is 101 Å². The maximum atomic E-state index is 16.2. The van der Waals surface area contributed by atoms with Crippen LogP contribution >= 0.6 is 11.3 Å². The van der Waals surface area contributed by atoms with Gasteiger partial charge < -0.3 is 60.4 Å². The number of ether oxygens (including phenoxy) is 2. The molecule has 0 bridgehead atoms. The number of nitrogens with zero attached hydrogens (tertiary/aromatic N) is 7. The number of rotatable bonds is 22. The molecule has 6 heterocycles. The smallest absolute Gasteiger partial charge is 0.391 e. The fourth-order valence-electron chi connectivity index (χ4n) is 10.8. The summed E-state index contributed by atoms with van der Waals surface area (Å²) < 4.78 is 69.3. The number of anilines is 3. The summed E-state index contributed by atoms with van der Waals surface area (Å²) in [4.78, 5) is 113. The molecule has 3 fully saturated rings. The Kier molecular flexibility index (Phi) is 21.8. The van der Waals surface area contributed by atoms with Gasteiger partial charge in [-0.15, -0.1) is 11.3 Å². The number of piperazine rings is 2. The Morgan fingerprint density at radius 2 is 1.53 bits per heavy atom. The van der Waals surface area contributed by atoms with Gasteiger partial charge in [0.25, 0.3) is 5.91 Å². The van der Waals surface area contributed by atoms with Crippen LogP contribution in [0.1, 0.15) is 81.1 Å². The molecule has 0 aliphatic carbocycles. The second-order valence-electron chi connectivity index (χ2n) is 23.4. The van der Waals surface area contributed by atoms with Gasteiger partial charge in [0.1, 0.15) is 30.3 Å². The second-order valence-corrected chi connectivity index (χ2v) is 24.3. The molecule has 2 aromatic carbocycles. The minimum absolute atomic E-state index is 0.0170. The zero-order chi connectivity index (χ0) is 63.6. The van der Waals surface area contributed by atoms with Gasteiger partial charge in [-0.1, -0.05) is 45.0 Å². The number of aliphatic hydroxyl groups is 1. The third-order valence-corrected chi connectivity index (χ3v) is 17.0. The SMILES string of the molecule is Cc1ncsc1-c1ccc(CNC(=O)[C@@H]2C[C@@H](O)CN2C(=O)C(NC(=O)COCCOCCNC(=O)CCC(=O)N2CCN(c3ccc(-c4cc(NC(=O)c5c[nH]c(=O)cc5C(F)(F)F)c(N5C[C@@H](C)N(C)[C@@H](C)C5)cc4F)cn3)CC2)C(C)(C)C)cc1. The molecule has 5 atom stereocenters. The molecular formula is C61H76F4N12O10S. The molecule has 8 rings (SSSR count). The first-order valence-electron chi connectivity index (χ1n) is 29.1. The molecule has 22 nitrogen and oxygen atoms in total. The van der Waals surface area contributed by atoms with Gasteiger partial charge >= 0.3 is 6.18 Å². The van der Waals surface area contributed by atoms with Crippen LogP contribution in [0.15, 0.2) is 77.3 Å². The lowest BCUT2D eigenvalue weighted by Gasteiger charge is -2.44. The molecule has 0 saturated carbocycles. The van der Waals surface area contributed by atoms with E-state index in [1.165, 1.54) is 23.2 Å². The van der Waals surface area contributed by atoms with Gasteiger partial charge in [0.05, 0.1) is 64.5 Å². The zero-order valence-corrected chi connectivity index (χ0v) is 51.1. The van der Waals surface area contributed by atoms with Crippen molar-refractivity contribution in [2.45, 2.75) is 104 Å². The lowest BCUT2D eigenvalue weighted by atomic mass is 9.85. The van der Waals surface area contributed by atoms with Crippen molar-refractivity contribution in [2.24, 2.45) is 5.41 Å². The summed E-state index contributed by atoms with van der Waals surface area (Å²) in [6.07, 6.45) is -3.80. The number of carbonyl (C=O) groups excluding carboxylic acids is 6. The monoisotopic (exact) mass is 1240 g/mol. The minimum Gasteiger partial charge on any atom is -0.391 e. The van der Waals surface area contributed by atoms with Crippen LogP contribution in [0.3, 0.4) is 0 Å². The lowest BCUT2D eigenvalue weighted by molar-refractivity contribution is -0.144. The van der Waals surface area contributed by atoms with Crippen molar-refractivity contribution in [1.82, 2.24) is 45.6 Å². The molecule has 0 spiro atoms. The Morgan fingerprint density at radius 3 is 2.18 bits per heavy atom. The molecule has 88 heavy (non-hydrogen) atoms. The van der Waals surface area contributed by atoms with E-state index >= 15 is 4.39 Å². The van der Waals surface area contributed by atoms with Crippen LogP contribution in [-0.4, -0.2) is 186 Å². The average Bonchev–Trinajstić information content (AvgIpc) is 1.93. The largest absolute Gasteiger partial charge is 0.417 e. The molecule has 6 amide bonds. The Labute approximate surface area is 511 Å². The van der Waals surface area contributed by atoms with Gasteiger partial charge in [-0.25, -0.2) is 14.4 Å². The summed E-state index contributed by atoms with van der Waals surface area (Å²) >= 11 is 1.55. The normalized spacial score (nSPS) is 18.7. The van der Waals surface area contributed by atoms with E-state index in [0.717, 1.165) is 21.7 Å². The molecule has 0 radical (unpaired) electrons. The van der Waals surface area contributed by atoms with Crippen LogP contribution < -0.4 is 36.6 Å². The van der Waals surface area contributed by atoms with Crippen molar-refractivity contribution in [3.05, 3.63) is 111 Å². The number of carbonyl (C=O) groups is 6. The number of β-amino-alcohol motifs (C(OH)–C–C–N with tert-alkyl or cyclic N) is 1. The number of hydrogen-bond acceptors (Lipinski definition) is 16. The quantitative estimate of drug-likeness (QED) is 0.0385. The van der Waals surface area contributed by atoms with E-state index < -0.39 is 75.9 Å². The standard InChI is InChI=1S/C61H76F4N12O10S/c1-36-31-76(32-37(2)73(36)7)48-27-46(62)43(25-47(48)71-57(83)44-30-68-52(80)26-45(44)61(63,64)65)41-12-13-50(67-29-41)74-17-19-75(20-18-74)54(82)15-14-51(79)66-16-21-86-22-23-87-34-53(81)72-56(60(4,5)6)59(85)77-33-42(78)24-49(77)58(84)69-28-39-8-10-40(11-9-39)55-38(3)70-35-88-55/h8-13,25-27,29-30,35-37,42,49,56,78H,14-24,28,31-34H2,1-7H3,(H,66,79)(H,68,80)(H,69,84)(H,71,83)(H,72,81)/t36-,37+,42-,49+,56?/m1/s1. The van der Waals surface area contributed by atoms with Crippen molar-refractivity contribution in [1.29, 1.82) is 0 Å². The van der Waals surface area contributed by atoms with Crippen LogP contribution in [0.5, 0.6) is 0 Å². The van der Waals surface area contributed by atoms with Crippen LogP contribution in [0.25, 0.3) is 21.6 Å². The number of H-pyrrole nitrogens is 1. The maximum Gasteiger partial charge on any atom is 0.417 e. The molecule has 474 valence electrons. The second kappa shape index (κ2) is 29.0. The highest BCUT2D eigenvalue weighted by Gasteiger charge is 2.45. The van der Waals surface area contributed by atoms with E-state index in [4.69, 9.17) is 9.47 Å². The Morgan fingerprint density at radius 1 is 0.841 bits per heavy atom. The summed E-state index contributed by atoms with van der Waals surface area (Å²) in [7, 11) is 1.96. The topological polar surface area (TPSA) is 264 Å². The van der Waals surface area contributed by atoms with Crippen LogP contribution in [0.2, 0.25) is 0 Å². The highest BCUT2D eigenvalue weighted by atomic mass is 32.1. The number of likely N-dealkylation sites (N-methyl/N-ethyl adjacent to an activating group) is 1. The van der Waals surface area contributed by atoms with Crippen LogP contribution in [0.4, 0.5) is 34.8 Å². The Balaban J connectivity index is 0.731. The number of aromatic nitrogens is 3. The first-order valence-corrected chi connectivity index (χ1v) is 30.0. The molecule has 3 aromatic heterocycles. The minimum atomic E-state index is -5.01. The maximum absolute atomic E-state index is 16.2. The number of halogens is 4. The van der Waals surface area contributed by atoms with Crippen LogP contribution in [-0.2, 0) is 46.2 Å². The highest BCUT2D eigenvalue weighted by Crippen LogP contribution is 2.38. The number of nitrogens with one attached hydrogen (secondary N) is 5. The number of likely N-dealkylation sites (tertiary alicyclic amines) is 1. The van der Waals surface area contributed by atoms with Crippen molar-refractivity contribution in [3.63, 3.8) is 0 Å². The Hall–Kier alpha value is -7.85. The fourth-order valence-corrected chi connectivity index (χ4v) is 11.7. The third-order valence-electron chi connectivity index (χ3n) is 16.0. The van der Waals surface area contributed by atoms with Gasteiger partial charge in [0.15, 0.2) is 0 Å². The first kappa shape index (κ1) is 66.1. The van der Waals surface area contributed by atoms with E-state index in [2.05, 4.69) is 41.1 Å². The van der Waals surface area contributed by atoms with Gasteiger partial charge in [0, 0.05) is 120 Å². The van der Waals surface area contributed by atoms with E-state index in [1.54, 1.807) is 54.7 Å². The number of aryl methyl sites for hydroxylation is 1. The van der Waals surface area contributed by atoms with Crippen molar-refractivity contribution >= 4 is 64.0 Å². The summed E-state index contributed by atoms with van der Waals surface area (Å²) in [5.41, 5.74) is 1.26. The number of alkyl halides is 3. The number of benzene rings is 2. The fraction of sp³-hybridized carbons (Fsp3) is 0.492. The summed E-state index contributed by atoms with van der Waals surface area (Å²) in [6.45, 7) is 13.9. The molecule has 5 aromatic rings. The van der Waals surface area contributed by atoms with E-state index in [1.807, 2.05) is 61.9 Å². The molecule has 1 unspecified atom stereocenters. The highest BCUT2D eigenvalue weighted by molar-refractivity contribution is 7.13. The first-order chi connectivity index (χ1) is 41.7. The summed E-state index contributed by atoms with van der Waals surface area (Å²) in [5, 5.41) is 21.5. The third kappa shape index (κ3) is 16.9. The predicted octanol–water partition coefficient (Wildman–Crippen LogP) is 5.20. The van der Waals surface area contributed by atoms with Gasteiger partial charge in [-0.2, -0.15) is 13.2 Å². The summed E-state index contributed by atoms with van der Waals surface area (Å²) in [5.74, 6) is -3.28. The van der Waals surface area contributed by atoms with Gasteiger partial charge in [-0.3, -0.25) is 38.5 Å². The van der Waals surface area contributed by atoms with Gasteiger partial charge in [-0.05, 0) is 68.6 Å². The molecule has 3 aliphatic heterocycles. The number of aliphatic hydroxyl groups excluding tert-OH is 1. The number of amides is 6. The number of thiazole rings is 1. The molecule has 27 heteroatoms. The van der Waals surface area contributed by atoms with Crippen LogP contribution in [0, 0.1) is 18.2 Å². The number of pyridine rings is 2. The van der Waals surface area contributed by atoms with Gasteiger partial charge in [0.2, 0.25) is 35.1 Å². The van der Waals surface area contributed by atoms with E-state index in [9.17, 15) is 51.8 Å². The zero-order valence-electron chi connectivity index (χ0n) is 50.3. The number of aromatic amines is 1. The summed E-state index contributed by atoms with van der Waals surface area (Å²) in [6, 6.07) is 12.1. The van der Waals surface area contributed by atoms with E-state index in [-0.39, 0.29) is 106 Å². The molecule has 3 saturated heterocycles. The lowest BCUT2D eigenvalue weighted by Crippen LogP contribution is -2.58.